The van der Waals surface area contributed by atoms with Gasteiger partial charge in [-0.3, -0.25) is 4.79 Å². The van der Waals surface area contributed by atoms with Gasteiger partial charge in [0.15, 0.2) is 6.10 Å². The summed E-state index contributed by atoms with van der Waals surface area (Å²) in [5, 5.41) is 3.15. The SMILES string of the molecule is CC[C@@H](Oc1ccc(OC)cc1)C(=O)N[C@@H]1CC(C)(C)Oc2ccc(OC)cc21. The zero-order valence-corrected chi connectivity index (χ0v) is 17.7. The van der Waals surface area contributed by atoms with E-state index < -0.39 is 11.7 Å². The molecule has 156 valence electrons. The van der Waals surface area contributed by atoms with E-state index in [0.717, 1.165) is 22.8 Å². The highest BCUT2D eigenvalue weighted by molar-refractivity contribution is 5.81. The van der Waals surface area contributed by atoms with Crippen LogP contribution in [0.2, 0.25) is 0 Å². The average molecular weight is 399 g/mol. The van der Waals surface area contributed by atoms with Crippen LogP contribution < -0.4 is 24.3 Å². The van der Waals surface area contributed by atoms with Gasteiger partial charge in [0.1, 0.15) is 28.6 Å². The van der Waals surface area contributed by atoms with Gasteiger partial charge in [0, 0.05) is 12.0 Å². The number of methoxy groups -OCH3 is 2. The molecule has 0 saturated carbocycles. The van der Waals surface area contributed by atoms with Crippen molar-refractivity contribution >= 4 is 5.91 Å². The van der Waals surface area contributed by atoms with Crippen LogP contribution in [-0.4, -0.2) is 31.8 Å². The molecule has 0 aliphatic carbocycles. The summed E-state index contributed by atoms with van der Waals surface area (Å²) in [4.78, 5) is 13.0. The molecule has 0 saturated heterocycles. The summed E-state index contributed by atoms with van der Waals surface area (Å²) in [7, 11) is 3.24. The van der Waals surface area contributed by atoms with Gasteiger partial charge in [0.25, 0.3) is 5.91 Å². The number of ether oxygens (including phenoxy) is 4. The number of amides is 1. The van der Waals surface area contributed by atoms with E-state index in [1.807, 2.05) is 51.1 Å². The van der Waals surface area contributed by atoms with E-state index in [-0.39, 0.29) is 11.9 Å². The van der Waals surface area contributed by atoms with Crippen molar-refractivity contribution in [1.82, 2.24) is 5.32 Å². The zero-order chi connectivity index (χ0) is 21.0. The van der Waals surface area contributed by atoms with Crippen LogP contribution in [0.4, 0.5) is 0 Å². The van der Waals surface area contributed by atoms with Crippen molar-refractivity contribution in [2.45, 2.75) is 51.4 Å². The van der Waals surface area contributed by atoms with Crippen molar-refractivity contribution in [2.75, 3.05) is 14.2 Å². The van der Waals surface area contributed by atoms with Gasteiger partial charge in [-0.1, -0.05) is 6.92 Å². The first-order valence-corrected chi connectivity index (χ1v) is 9.83. The largest absolute Gasteiger partial charge is 0.497 e. The second-order valence-corrected chi connectivity index (χ2v) is 7.72. The number of hydrogen-bond acceptors (Lipinski definition) is 5. The zero-order valence-electron chi connectivity index (χ0n) is 17.7. The number of rotatable bonds is 7. The molecule has 1 N–H and O–H groups in total. The Morgan fingerprint density at radius 2 is 1.72 bits per heavy atom. The minimum absolute atomic E-state index is 0.153. The third-order valence-electron chi connectivity index (χ3n) is 4.99. The van der Waals surface area contributed by atoms with Crippen molar-refractivity contribution < 1.29 is 23.7 Å². The van der Waals surface area contributed by atoms with Gasteiger partial charge in [-0.25, -0.2) is 0 Å². The lowest BCUT2D eigenvalue weighted by atomic mass is 9.89. The summed E-state index contributed by atoms with van der Waals surface area (Å²) in [6.07, 6.45) is 0.608. The molecule has 1 heterocycles. The Balaban J connectivity index is 1.77. The molecule has 2 aromatic rings. The van der Waals surface area contributed by atoms with Gasteiger partial charge < -0.3 is 24.3 Å². The standard InChI is InChI=1S/C23H29NO5/c1-6-20(28-16-9-7-15(26-4)8-10-16)22(25)24-19-14-23(2,3)29-21-12-11-17(27-5)13-18(19)21/h7-13,19-20H,6,14H2,1-5H3,(H,24,25)/t19-,20-/m1/s1. The third kappa shape index (κ3) is 4.94. The normalized spacial score (nSPS) is 18.0. The molecule has 1 aliphatic heterocycles. The molecule has 2 aromatic carbocycles. The molecule has 6 nitrogen and oxygen atoms in total. The van der Waals surface area contributed by atoms with Crippen LogP contribution in [-0.2, 0) is 4.79 Å². The van der Waals surface area contributed by atoms with E-state index in [4.69, 9.17) is 18.9 Å². The van der Waals surface area contributed by atoms with Crippen LogP contribution in [0.25, 0.3) is 0 Å². The molecular weight excluding hydrogens is 370 g/mol. The van der Waals surface area contributed by atoms with Crippen LogP contribution in [0, 0.1) is 0 Å². The Kier molecular flexibility index (Phi) is 6.20. The van der Waals surface area contributed by atoms with Crippen LogP contribution in [0.15, 0.2) is 42.5 Å². The fourth-order valence-corrected chi connectivity index (χ4v) is 3.49. The van der Waals surface area contributed by atoms with Crippen molar-refractivity contribution in [2.24, 2.45) is 0 Å². The van der Waals surface area contributed by atoms with E-state index in [1.165, 1.54) is 0 Å². The molecule has 0 aromatic heterocycles. The predicted octanol–water partition coefficient (Wildman–Crippen LogP) is 4.28. The Hall–Kier alpha value is -2.89. The first kappa shape index (κ1) is 20.8. The van der Waals surface area contributed by atoms with E-state index in [2.05, 4.69) is 5.32 Å². The summed E-state index contributed by atoms with van der Waals surface area (Å²) < 4.78 is 22.5. The number of carbonyl (C=O) groups is 1. The summed E-state index contributed by atoms with van der Waals surface area (Å²) in [6, 6.07) is 12.7. The topological polar surface area (TPSA) is 66.0 Å². The lowest BCUT2D eigenvalue weighted by molar-refractivity contribution is -0.129. The van der Waals surface area contributed by atoms with Gasteiger partial charge in [0.05, 0.1) is 20.3 Å². The monoisotopic (exact) mass is 399 g/mol. The lowest BCUT2D eigenvalue weighted by Gasteiger charge is -2.38. The van der Waals surface area contributed by atoms with Crippen molar-refractivity contribution in [3.63, 3.8) is 0 Å². The highest BCUT2D eigenvalue weighted by atomic mass is 16.5. The first-order chi connectivity index (χ1) is 13.8. The summed E-state index contributed by atoms with van der Waals surface area (Å²) in [6.45, 7) is 5.97. The number of fused-ring (bicyclic) bond motifs is 1. The highest BCUT2D eigenvalue weighted by Gasteiger charge is 2.36. The van der Waals surface area contributed by atoms with Crippen LogP contribution in [0.3, 0.4) is 0 Å². The quantitative estimate of drug-likeness (QED) is 0.753. The fraction of sp³-hybridized carbons (Fsp3) is 0.435. The van der Waals surface area contributed by atoms with Gasteiger partial charge in [-0.15, -0.1) is 0 Å². The maximum atomic E-state index is 13.0. The second kappa shape index (κ2) is 8.64. The Labute approximate surface area is 172 Å². The van der Waals surface area contributed by atoms with Crippen molar-refractivity contribution in [3.05, 3.63) is 48.0 Å². The maximum Gasteiger partial charge on any atom is 0.261 e. The number of nitrogens with one attached hydrogen (secondary N) is 1. The van der Waals surface area contributed by atoms with Crippen molar-refractivity contribution in [1.29, 1.82) is 0 Å². The molecule has 0 bridgehead atoms. The summed E-state index contributed by atoms with van der Waals surface area (Å²) in [5.74, 6) is 2.70. The van der Waals surface area contributed by atoms with E-state index in [0.29, 0.717) is 18.6 Å². The molecular formula is C23H29NO5. The summed E-state index contributed by atoms with van der Waals surface area (Å²) in [5.41, 5.74) is 0.522. The molecule has 0 spiro atoms. The van der Waals surface area contributed by atoms with E-state index >= 15 is 0 Å². The first-order valence-electron chi connectivity index (χ1n) is 9.83. The summed E-state index contributed by atoms with van der Waals surface area (Å²) >= 11 is 0. The molecule has 6 heteroatoms. The molecule has 0 fully saturated rings. The van der Waals surface area contributed by atoms with Crippen LogP contribution >= 0.6 is 0 Å². The Morgan fingerprint density at radius 1 is 1.10 bits per heavy atom. The lowest BCUT2D eigenvalue weighted by Crippen LogP contribution is -2.45. The Morgan fingerprint density at radius 3 is 2.34 bits per heavy atom. The molecule has 0 unspecified atom stereocenters. The van der Waals surface area contributed by atoms with Crippen molar-refractivity contribution in [3.8, 4) is 23.0 Å². The molecule has 3 rings (SSSR count). The van der Waals surface area contributed by atoms with Gasteiger partial charge >= 0.3 is 0 Å². The van der Waals surface area contributed by atoms with Gasteiger partial charge in [-0.05, 0) is 62.7 Å². The van der Waals surface area contributed by atoms with E-state index in [9.17, 15) is 4.79 Å². The highest BCUT2D eigenvalue weighted by Crippen LogP contribution is 2.41. The molecule has 29 heavy (non-hydrogen) atoms. The second-order valence-electron chi connectivity index (χ2n) is 7.72. The van der Waals surface area contributed by atoms with Crippen LogP contribution in [0.5, 0.6) is 23.0 Å². The Bertz CT molecular complexity index is 847. The van der Waals surface area contributed by atoms with Gasteiger partial charge in [0.2, 0.25) is 0 Å². The van der Waals surface area contributed by atoms with E-state index in [1.54, 1.807) is 26.4 Å². The molecule has 1 aliphatic rings. The molecule has 0 radical (unpaired) electrons. The predicted molar refractivity (Wildman–Crippen MR) is 111 cm³/mol. The smallest absolute Gasteiger partial charge is 0.261 e. The number of carbonyl (C=O) groups excluding carboxylic acids is 1. The van der Waals surface area contributed by atoms with Gasteiger partial charge in [-0.2, -0.15) is 0 Å². The number of hydrogen-bond donors (Lipinski definition) is 1. The fourth-order valence-electron chi connectivity index (χ4n) is 3.49. The van der Waals surface area contributed by atoms with Crippen LogP contribution in [0.1, 0.15) is 45.2 Å². The third-order valence-corrected chi connectivity index (χ3v) is 4.99. The average Bonchev–Trinajstić information content (AvgIpc) is 2.71. The minimum Gasteiger partial charge on any atom is -0.497 e. The minimum atomic E-state index is -0.594. The maximum absolute atomic E-state index is 13.0. The molecule has 1 amide bonds. The molecule has 2 atom stereocenters. The number of benzene rings is 2.